The highest BCUT2D eigenvalue weighted by molar-refractivity contribution is 5.99. The Balaban J connectivity index is 2.01. The zero-order chi connectivity index (χ0) is 14.7. The summed E-state index contributed by atoms with van der Waals surface area (Å²) in [5, 5.41) is 9.48. The van der Waals surface area contributed by atoms with Gasteiger partial charge in [-0.2, -0.15) is 0 Å². The van der Waals surface area contributed by atoms with Crippen LogP contribution in [0.5, 0.6) is 5.75 Å². The highest BCUT2D eigenvalue weighted by atomic mass is 16.3. The molecular weight excluding hydrogens is 254 g/mol. The molecule has 2 rings (SSSR count). The maximum atomic E-state index is 12.4. The van der Waals surface area contributed by atoms with Gasteiger partial charge in [-0.1, -0.05) is 12.2 Å². The highest BCUT2D eigenvalue weighted by Gasteiger charge is 2.23. The predicted octanol–water partition coefficient (Wildman–Crippen LogP) is 1.31. The lowest BCUT2D eigenvalue weighted by atomic mass is 10.1. The lowest BCUT2D eigenvalue weighted by Crippen LogP contribution is -2.49. The van der Waals surface area contributed by atoms with Gasteiger partial charge >= 0.3 is 0 Å². The van der Waals surface area contributed by atoms with E-state index in [0.717, 1.165) is 25.2 Å². The Morgan fingerprint density at radius 1 is 1.35 bits per heavy atom. The van der Waals surface area contributed by atoms with E-state index in [0.29, 0.717) is 24.3 Å². The second-order valence-corrected chi connectivity index (χ2v) is 5.30. The van der Waals surface area contributed by atoms with Crippen molar-refractivity contribution >= 4 is 11.6 Å². The predicted molar refractivity (Wildman–Crippen MR) is 79.7 cm³/mol. The van der Waals surface area contributed by atoms with E-state index in [2.05, 4.69) is 11.5 Å². The molecule has 5 heteroatoms. The van der Waals surface area contributed by atoms with Gasteiger partial charge < -0.3 is 15.7 Å². The number of nitrogens with two attached hydrogens (primary N) is 1. The van der Waals surface area contributed by atoms with Crippen molar-refractivity contribution in [3.05, 3.63) is 35.9 Å². The first-order valence-electron chi connectivity index (χ1n) is 6.72. The summed E-state index contributed by atoms with van der Waals surface area (Å²) in [6, 6.07) is 4.47. The van der Waals surface area contributed by atoms with Crippen LogP contribution >= 0.6 is 0 Å². The number of anilines is 1. The number of phenolic OH excluding ortho intramolecular Hbond substituents is 1. The van der Waals surface area contributed by atoms with Gasteiger partial charge in [-0.25, -0.2) is 0 Å². The second kappa shape index (κ2) is 5.96. The van der Waals surface area contributed by atoms with Crippen molar-refractivity contribution < 1.29 is 9.90 Å². The van der Waals surface area contributed by atoms with Crippen LogP contribution in [-0.2, 0) is 0 Å². The number of carbonyl (C=O) groups is 1. The number of nitrogens with zero attached hydrogens (tertiary/aromatic N) is 2. The van der Waals surface area contributed by atoms with Gasteiger partial charge in [0.05, 0.1) is 5.56 Å². The van der Waals surface area contributed by atoms with E-state index in [1.165, 1.54) is 12.1 Å². The van der Waals surface area contributed by atoms with Crippen LogP contribution in [0.2, 0.25) is 0 Å². The highest BCUT2D eigenvalue weighted by Crippen LogP contribution is 2.20. The Morgan fingerprint density at radius 3 is 2.60 bits per heavy atom. The third-order valence-electron chi connectivity index (χ3n) is 3.42. The van der Waals surface area contributed by atoms with Gasteiger partial charge in [-0.15, -0.1) is 0 Å². The van der Waals surface area contributed by atoms with E-state index in [1.54, 1.807) is 11.0 Å². The van der Waals surface area contributed by atoms with Crippen LogP contribution in [0.15, 0.2) is 30.4 Å². The largest absolute Gasteiger partial charge is 0.508 e. The van der Waals surface area contributed by atoms with Crippen LogP contribution in [0.1, 0.15) is 17.3 Å². The molecule has 0 bridgehead atoms. The molecule has 5 nitrogen and oxygen atoms in total. The van der Waals surface area contributed by atoms with Crippen molar-refractivity contribution in [1.82, 2.24) is 9.80 Å². The molecule has 20 heavy (non-hydrogen) atoms. The van der Waals surface area contributed by atoms with Gasteiger partial charge in [0.15, 0.2) is 0 Å². The van der Waals surface area contributed by atoms with E-state index in [-0.39, 0.29) is 11.7 Å². The van der Waals surface area contributed by atoms with Crippen LogP contribution in [0, 0.1) is 0 Å². The van der Waals surface area contributed by atoms with Crippen molar-refractivity contribution in [2.45, 2.75) is 6.92 Å². The molecule has 1 fully saturated rings. The number of amides is 1. The molecule has 1 aliphatic heterocycles. The fourth-order valence-electron chi connectivity index (χ4n) is 2.39. The number of aromatic hydroxyl groups is 1. The summed E-state index contributed by atoms with van der Waals surface area (Å²) in [5.41, 5.74) is 7.71. The average Bonchev–Trinajstić information content (AvgIpc) is 2.41. The molecule has 0 atom stereocenters. The zero-order valence-electron chi connectivity index (χ0n) is 11.8. The van der Waals surface area contributed by atoms with Crippen LogP contribution in [-0.4, -0.2) is 53.5 Å². The van der Waals surface area contributed by atoms with Crippen molar-refractivity contribution in [2.75, 3.05) is 38.5 Å². The number of hydrogen-bond acceptors (Lipinski definition) is 4. The summed E-state index contributed by atoms with van der Waals surface area (Å²) >= 11 is 0. The Hall–Kier alpha value is -2.01. The molecular formula is C15H21N3O2. The number of phenols is 1. The molecule has 1 amide bonds. The van der Waals surface area contributed by atoms with Gasteiger partial charge in [0.1, 0.15) is 5.75 Å². The van der Waals surface area contributed by atoms with E-state index in [9.17, 15) is 9.90 Å². The number of piperazine rings is 1. The number of rotatable bonds is 3. The van der Waals surface area contributed by atoms with Gasteiger partial charge in [-0.05, 0) is 25.1 Å². The van der Waals surface area contributed by atoms with Gasteiger partial charge in [0, 0.05) is 38.4 Å². The Labute approximate surface area is 119 Å². The molecule has 1 aromatic carbocycles. The van der Waals surface area contributed by atoms with E-state index >= 15 is 0 Å². The van der Waals surface area contributed by atoms with Crippen molar-refractivity contribution in [3.63, 3.8) is 0 Å². The Kier molecular flexibility index (Phi) is 4.29. The van der Waals surface area contributed by atoms with E-state index in [1.807, 2.05) is 6.92 Å². The molecule has 0 spiro atoms. The normalized spacial score (nSPS) is 16.1. The van der Waals surface area contributed by atoms with Crippen LogP contribution in [0.25, 0.3) is 0 Å². The summed E-state index contributed by atoms with van der Waals surface area (Å²) in [6.07, 6.45) is 0. The maximum absolute atomic E-state index is 12.4. The molecule has 1 heterocycles. The molecule has 1 aliphatic rings. The van der Waals surface area contributed by atoms with Crippen molar-refractivity contribution in [1.29, 1.82) is 0 Å². The number of nitrogen functional groups attached to an aromatic ring is 1. The minimum Gasteiger partial charge on any atom is -0.508 e. The average molecular weight is 275 g/mol. The fourth-order valence-corrected chi connectivity index (χ4v) is 2.39. The third-order valence-corrected chi connectivity index (χ3v) is 3.42. The zero-order valence-corrected chi connectivity index (χ0v) is 11.8. The number of carbonyl (C=O) groups excluding carboxylic acids is 1. The quantitative estimate of drug-likeness (QED) is 0.496. The minimum atomic E-state index is -0.117. The summed E-state index contributed by atoms with van der Waals surface area (Å²) < 4.78 is 0. The Morgan fingerprint density at radius 2 is 2.00 bits per heavy atom. The summed E-state index contributed by atoms with van der Waals surface area (Å²) in [4.78, 5) is 16.5. The van der Waals surface area contributed by atoms with Crippen LogP contribution < -0.4 is 5.73 Å². The first kappa shape index (κ1) is 14.4. The molecule has 0 radical (unpaired) electrons. The minimum absolute atomic E-state index is 0.0588. The molecule has 0 saturated carbocycles. The lowest BCUT2D eigenvalue weighted by Gasteiger charge is -2.35. The lowest BCUT2D eigenvalue weighted by molar-refractivity contribution is 0.0648. The fraction of sp³-hybridized carbons (Fsp3) is 0.400. The smallest absolute Gasteiger partial charge is 0.256 e. The Bertz CT molecular complexity index is 520. The van der Waals surface area contributed by atoms with Crippen LogP contribution in [0.3, 0.4) is 0 Å². The second-order valence-electron chi connectivity index (χ2n) is 5.30. The first-order valence-corrected chi connectivity index (χ1v) is 6.72. The van der Waals surface area contributed by atoms with E-state index < -0.39 is 0 Å². The van der Waals surface area contributed by atoms with Crippen molar-refractivity contribution in [2.24, 2.45) is 0 Å². The molecule has 0 unspecified atom stereocenters. The molecule has 1 saturated heterocycles. The van der Waals surface area contributed by atoms with Gasteiger partial charge in [0.25, 0.3) is 5.91 Å². The topological polar surface area (TPSA) is 69.8 Å². The van der Waals surface area contributed by atoms with Gasteiger partial charge in [-0.3, -0.25) is 9.69 Å². The van der Waals surface area contributed by atoms with Gasteiger partial charge in [0.2, 0.25) is 0 Å². The summed E-state index contributed by atoms with van der Waals surface area (Å²) in [6.45, 7) is 9.78. The standard InChI is InChI=1S/C15H21N3O2/c1-11(2)10-17-5-7-18(8-6-17)15(20)13-9-12(19)3-4-14(13)16/h3-4,9,19H,1,5-8,10,16H2,2H3. The number of benzene rings is 1. The molecule has 108 valence electrons. The first-order chi connectivity index (χ1) is 9.47. The monoisotopic (exact) mass is 275 g/mol. The molecule has 3 N–H and O–H groups in total. The molecule has 0 aliphatic carbocycles. The summed E-state index contributed by atoms with van der Waals surface area (Å²) in [7, 11) is 0. The summed E-state index contributed by atoms with van der Waals surface area (Å²) in [5.74, 6) is -0.0585. The molecule has 1 aromatic rings. The molecule has 0 aromatic heterocycles. The van der Waals surface area contributed by atoms with Crippen LogP contribution in [0.4, 0.5) is 5.69 Å². The third kappa shape index (κ3) is 3.30. The number of hydrogen-bond donors (Lipinski definition) is 2. The SMILES string of the molecule is C=C(C)CN1CCN(C(=O)c2cc(O)ccc2N)CC1. The van der Waals surface area contributed by atoms with Crippen molar-refractivity contribution in [3.8, 4) is 5.75 Å². The maximum Gasteiger partial charge on any atom is 0.256 e. The van der Waals surface area contributed by atoms with E-state index in [4.69, 9.17) is 5.73 Å².